The molecule has 7 heteroatoms. The third-order valence-corrected chi connectivity index (χ3v) is 8.75. The van der Waals surface area contributed by atoms with E-state index in [4.69, 9.17) is 9.72 Å². The van der Waals surface area contributed by atoms with Crippen molar-refractivity contribution in [3.05, 3.63) is 70.3 Å². The van der Waals surface area contributed by atoms with Crippen LogP contribution in [0.25, 0.3) is 12.2 Å². The SMILES string of the molecule is C=CCC[CH+]Cc1nc2c([nH]1)=CC(C1C=C3CCC4=C(NC(C5CCCN5C(=O)OC(C)(C)C)N4)C3=CC1)CC=2. The average molecular weight is 543 g/mol. The zero-order valence-electron chi connectivity index (χ0n) is 24.3. The van der Waals surface area contributed by atoms with Gasteiger partial charge in [0.2, 0.25) is 0 Å². The van der Waals surface area contributed by atoms with Crippen molar-refractivity contribution in [1.82, 2.24) is 25.5 Å². The molecule has 6 rings (SSSR count). The molecule has 212 valence electrons. The molecular formula is C33H44N5O2+. The van der Waals surface area contributed by atoms with Crippen molar-refractivity contribution < 1.29 is 9.53 Å². The maximum atomic E-state index is 12.9. The van der Waals surface area contributed by atoms with Crippen LogP contribution in [0.1, 0.15) is 78.0 Å². The molecule has 3 N–H and O–H groups in total. The van der Waals surface area contributed by atoms with E-state index in [-0.39, 0.29) is 18.3 Å². The summed E-state index contributed by atoms with van der Waals surface area (Å²) in [7, 11) is 0. The van der Waals surface area contributed by atoms with E-state index in [1.165, 1.54) is 27.9 Å². The first-order valence-corrected chi connectivity index (χ1v) is 15.2. The van der Waals surface area contributed by atoms with Gasteiger partial charge in [-0.3, -0.25) is 0 Å². The van der Waals surface area contributed by atoms with Crippen LogP contribution in [0, 0.1) is 18.3 Å². The Balaban J connectivity index is 1.11. The highest BCUT2D eigenvalue weighted by Gasteiger charge is 2.42. The lowest BCUT2D eigenvalue weighted by molar-refractivity contribution is 0.0194. The summed E-state index contributed by atoms with van der Waals surface area (Å²) in [6, 6.07) is 0.0882. The summed E-state index contributed by atoms with van der Waals surface area (Å²) >= 11 is 0. The molecule has 5 aliphatic rings. The van der Waals surface area contributed by atoms with Gasteiger partial charge in [0.15, 0.2) is 5.82 Å². The van der Waals surface area contributed by atoms with E-state index in [1.54, 1.807) is 0 Å². The summed E-state index contributed by atoms with van der Waals surface area (Å²) in [5, 5.41) is 9.82. The summed E-state index contributed by atoms with van der Waals surface area (Å²) < 4.78 is 5.72. The number of allylic oxidation sites excluding steroid dienone is 5. The standard InChI is InChI=1S/C33H44N5O2/c1-5-6-7-8-11-29-34-25-16-13-22(20-27(25)35-29)21-12-15-24-23(19-21)14-17-26-30(24)37-31(36-26)28-10-9-18-38(28)32(39)40-33(2,3)4/h5,8,15-16,19-22,28,31,36-37H,1,6-7,9-14,17-18H2,2-4H3,(H,34,35)/q+1. The van der Waals surface area contributed by atoms with Gasteiger partial charge in [-0.25, -0.2) is 9.78 Å². The number of unbranched alkanes of at least 4 members (excludes halogenated alkanes) is 2. The molecule has 3 aliphatic carbocycles. The molecule has 1 fully saturated rings. The minimum Gasteiger partial charge on any atom is -0.444 e. The van der Waals surface area contributed by atoms with Gasteiger partial charge in [-0.2, -0.15) is 0 Å². The molecule has 40 heavy (non-hydrogen) atoms. The van der Waals surface area contributed by atoms with Gasteiger partial charge in [0.05, 0.1) is 35.3 Å². The summed E-state index contributed by atoms with van der Waals surface area (Å²) in [5.41, 5.74) is 4.86. The Bertz CT molecular complexity index is 1370. The molecule has 1 aromatic heterocycles. The fourth-order valence-electron chi connectivity index (χ4n) is 6.83. The van der Waals surface area contributed by atoms with Crippen LogP contribution in [0.5, 0.6) is 0 Å². The lowest BCUT2D eigenvalue weighted by Gasteiger charge is -2.32. The Hall–Kier alpha value is -3.35. The fourth-order valence-corrected chi connectivity index (χ4v) is 6.83. The normalized spacial score (nSPS) is 27.1. The molecule has 0 aromatic carbocycles. The summed E-state index contributed by atoms with van der Waals surface area (Å²) in [4.78, 5) is 23.2. The minimum atomic E-state index is -0.486. The van der Waals surface area contributed by atoms with Crippen LogP contribution in [0.15, 0.2) is 47.3 Å². The van der Waals surface area contributed by atoms with Gasteiger partial charge in [-0.05, 0) is 82.3 Å². The number of hydrogen-bond acceptors (Lipinski definition) is 5. The number of carbonyl (C=O) groups excluding carboxylic acids is 1. The summed E-state index contributed by atoms with van der Waals surface area (Å²) in [5.74, 6) is 2.04. The smallest absolute Gasteiger partial charge is 0.410 e. The maximum Gasteiger partial charge on any atom is 0.410 e. The molecule has 3 heterocycles. The molecule has 0 saturated carbocycles. The molecular weight excluding hydrogens is 498 g/mol. The van der Waals surface area contributed by atoms with E-state index >= 15 is 0 Å². The number of amides is 1. The number of aromatic nitrogens is 2. The number of nitrogens with zero attached hydrogens (tertiary/aromatic N) is 2. The van der Waals surface area contributed by atoms with Crippen LogP contribution in [0.4, 0.5) is 4.79 Å². The van der Waals surface area contributed by atoms with Gasteiger partial charge < -0.3 is 25.3 Å². The van der Waals surface area contributed by atoms with Crippen molar-refractivity contribution in [1.29, 1.82) is 0 Å². The molecule has 4 atom stereocenters. The number of hydrogen-bond donors (Lipinski definition) is 3. The number of imidazole rings is 1. The van der Waals surface area contributed by atoms with Gasteiger partial charge in [0, 0.05) is 18.7 Å². The lowest BCUT2D eigenvalue weighted by Crippen LogP contribution is -2.53. The second-order valence-corrected chi connectivity index (χ2v) is 12.8. The monoisotopic (exact) mass is 542 g/mol. The fraction of sp³-hybridized carbons (Fsp3) is 0.545. The molecule has 1 saturated heterocycles. The molecule has 1 aromatic rings. The Morgan fingerprint density at radius 1 is 1.20 bits per heavy atom. The van der Waals surface area contributed by atoms with Crippen LogP contribution in [0.3, 0.4) is 0 Å². The van der Waals surface area contributed by atoms with E-state index in [1.807, 2.05) is 31.7 Å². The second kappa shape index (κ2) is 10.9. The predicted octanol–water partition coefficient (Wildman–Crippen LogP) is 4.50. The highest BCUT2D eigenvalue weighted by atomic mass is 16.6. The third-order valence-electron chi connectivity index (χ3n) is 8.75. The second-order valence-electron chi connectivity index (χ2n) is 12.8. The molecule has 4 unspecified atom stereocenters. The Morgan fingerprint density at radius 3 is 2.85 bits per heavy atom. The summed E-state index contributed by atoms with van der Waals surface area (Å²) in [6.07, 6.45) is 22.8. The maximum absolute atomic E-state index is 12.9. The first-order chi connectivity index (χ1) is 19.3. The predicted molar refractivity (Wildman–Crippen MR) is 159 cm³/mol. The van der Waals surface area contributed by atoms with Gasteiger partial charge in [0.1, 0.15) is 18.2 Å². The van der Waals surface area contributed by atoms with Crippen LogP contribution < -0.4 is 21.3 Å². The van der Waals surface area contributed by atoms with E-state index in [9.17, 15) is 4.79 Å². The van der Waals surface area contributed by atoms with Gasteiger partial charge >= 0.3 is 6.09 Å². The van der Waals surface area contributed by atoms with Gasteiger partial charge in [-0.1, -0.05) is 30.4 Å². The van der Waals surface area contributed by atoms with Crippen molar-refractivity contribution in [3.8, 4) is 0 Å². The van der Waals surface area contributed by atoms with E-state index in [0.29, 0.717) is 11.8 Å². The molecule has 7 nitrogen and oxygen atoms in total. The minimum absolute atomic E-state index is 0.0290. The van der Waals surface area contributed by atoms with E-state index in [0.717, 1.165) is 75.5 Å². The topological polar surface area (TPSA) is 82.3 Å². The first-order valence-electron chi connectivity index (χ1n) is 15.2. The van der Waals surface area contributed by atoms with Crippen LogP contribution >= 0.6 is 0 Å². The number of rotatable bonds is 7. The van der Waals surface area contributed by atoms with Crippen molar-refractivity contribution in [3.63, 3.8) is 0 Å². The Morgan fingerprint density at radius 2 is 2.02 bits per heavy atom. The summed E-state index contributed by atoms with van der Waals surface area (Å²) in [6.45, 7) is 10.3. The Labute approximate surface area is 238 Å². The number of likely N-dealkylation sites (tertiary alicyclic amines) is 1. The molecule has 2 aliphatic heterocycles. The van der Waals surface area contributed by atoms with E-state index < -0.39 is 5.60 Å². The van der Waals surface area contributed by atoms with Gasteiger partial charge in [-0.15, -0.1) is 6.58 Å². The van der Waals surface area contributed by atoms with Crippen molar-refractivity contribution in [2.75, 3.05) is 6.54 Å². The first kappa shape index (κ1) is 26.9. The molecule has 0 spiro atoms. The molecule has 1 amide bonds. The Kier molecular flexibility index (Phi) is 7.32. The molecule has 0 bridgehead atoms. The van der Waals surface area contributed by atoms with Crippen molar-refractivity contribution in [2.24, 2.45) is 11.8 Å². The van der Waals surface area contributed by atoms with E-state index in [2.05, 4.69) is 52.9 Å². The quantitative estimate of drug-likeness (QED) is 0.269. The number of ether oxygens (including phenoxy) is 1. The number of fused-ring (bicyclic) bond motifs is 3. The highest BCUT2D eigenvalue weighted by molar-refractivity contribution is 5.69. The lowest BCUT2D eigenvalue weighted by atomic mass is 9.76. The van der Waals surface area contributed by atoms with Crippen LogP contribution in [-0.4, -0.2) is 45.3 Å². The number of aromatic amines is 1. The number of H-pyrrole nitrogens is 1. The van der Waals surface area contributed by atoms with Crippen molar-refractivity contribution >= 4 is 18.2 Å². The zero-order chi connectivity index (χ0) is 27.9. The number of nitrogens with one attached hydrogen (secondary N) is 3. The largest absolute Gasteiger partial charge is 0.444 e. The van der Waals surface area contributed by atoms with Crippen LogP contribution in [0.2, 0.25) is 0 Å². The molecule has 0 radical (unpaired) electrons. The average Bonchev–Trinajstić information content (AvgIpc) is 3.67. The van der Waals surface area contributed by atoms with Crippen molar-refractivity contribution in [2.45, 2.75) is 96.4 Å². The zero-order valence-corrected chi connectivity index (χ0v) is 24.3. The highest BCUT2D eigenvalue weighted by Crippen LogP contribution is 2.41. The van der Waals surface area contributed by atoms with Crippen LogP contribution in [-0.2, 0) is 11.2 Å². The third kappa shape index (κ3) is 5.48. The van der Waals surface area contributed by atoms with Gasteiger partial charge in [0.25, 0.3) is 0 Å². The number of carbonyl (C=O) groups is 1.